The van der Waals surface area contributed by atoms with E-state index in [-0.39, 0.29) is 11.7 Å². The lowest BCUT2D eigenvalue weighted by Crippen LogP contribution is -2.15. The normalized spacial score (nSPS) is 12.2. The molecule has 1 atom stereocenters. The van der Waals surface area contributed by atoms with Crippen LogP contribution in [-0.2, 0) is 4.79 Å². The molecule has 0 aromatic heterocycles. The molecule has 0 heterocycles. The van der Waals surface area contributed by atoms with Crippen LogP contribution in [0.5, 0.6) is 5.75 Å². The monoisotopic (exact) mass is 348 g/mol. The van der Waals surface area contributed by atoms with Crippen molar-refractivity contribution in [2.45, 2.75) is 40.2 Å². The van der Waals surface area contributed by atoms with Crippen LogP contribution >= 0.6 is 0 Å². The molecule has 4 heteroatoms. The van der Waals surface area contributed by atoms with Crippen LogP contribution in [0.15, 0.2) is 48.0 Å². The summed E-state index contributed by atoms with van der Waals surface area (Å²) >= 11 is 0. The van der Waals surface area contributed by atoms with Crippen LogP contribution in [0.25, 0.3) is 6.08 Å². The number of nitrogens with zero attached hydrogens (tertiary/aromatic N) is 1. The lowest BCUT2D eigenvalue weighted by molar-refractivity contribution is -0.112. The Kier molecular flexibility index (Phi) is 6.57. The van der Waals surface area contributed by atoms with E-state index >= 15 is 0 Å². The standard InChI is InChI=1S/C22H24N2O2/c1-5-16(3)26-21-12-7-6-10-18(21)13-19(14-23)22(25)24-20-11-8-9-15(2)17(20)4/h6-13,16H,5H2,1-4H3,(H,24,25)/b19-13+/t16-/m1/s1. The van der Waals surface area contributed by atoms with Crippen molar-refractivity contribution >= 4 is 17.7 Å². The molecule has 0 saturated heterocycles. The van der Waals surface area contributed by atoms with Crippen LogP contribution in [0.3, 0.4) is 0 Å². The average molecular weight is 348 g/mol. The zero-order valence-corrected chi connectivity index (χ0v) is 15.7. The van der Waals surface area contributed by atoms with Gasteiger partial charge in [-0.15, -0.1) is 0 Å². The molecule has 26 heavy (non-hydrogen) atoms. The molecule has 134 valence electrons. The van der Waals surface area contributed by atoms with Crippen molar-refractivity contribution in [3.8, 4) is 11.8 Å². The molecule has 0 spiro atoms. The SMILES string of the molecule is CC[C@@H](C)Oc1ccccc1/C=C(\C#N)C(=O)Nc1cccc(C)c1C. The number of hydrogen-bond acceptors (Lipinski definition) is 3. The molecule has 1 amide bonds. The topological polar surface area (TPSA) is 62.1 Å². The smallest absolute Gasteiger partial charge is 0.266 e. The highest BCUT2D eigenvalue weighted by Crippen LogP contribution is 2.24. The fourth-order valence-electron chi connectivity index (χ4n) is 2.39. The van der Waals surface area contributed by atoms with E-state index in [1.165, 1.54) is 0 Å². The minimum atomic E-state index is -0.431. The third kappa shape index (κ3) is 4.73. The van der Waals surface area contributed by atoms with Gasteiger partial charge in [-0.25, -0.2) is 0 Å². The minimum Gasteiger partial charge on any atom is -0.490 e. The van der Waals surface area contributed by atoms with Crippen LogP contribution < -0.4 is 10.1 Å². The highest BCUT2D eigenvalue weighted by molar-refractivity contribution is 6.10. The van der Waals surface area contributed by atoms with E-state index in [2.05, 4.69) is 5.32 Å². The Morgan fingerprint density at radius 2 is 1.96 bits per heavy atom. The van der Waals surface area contributed by atoms with Gasteiger partial charge in [0.15, 0.2) is 0 Å². The molecule has 0 aliphatic rings. The second kappa shape index (κ2) is 8.87. The Hall–Kier alpha value is -3.06. The van der Waals surface area contributed by atoms with Gasteiger partial charge < -0.3 is 10.1 Å². The number of benzene rings is 2. The van der Waals surface area contributed by atoms with E-state index in [0.717, 1.165) is 17.5 Å². The highest BCUT2D eigenvalue weighted by Gasteiger charge is 2.13. The van der Waals surface area contributed by atoms with Gasteiger partial charge in [-0.05, 0) is 56.5 Å². The number of carbonyl (C=O) groups is 1. The van der Waals surface area contributed by atoms with Gasteiger partial charge in [0.2, 0.25) is 0 Å². The highest BCUT2D eigenvalue weighted by atomic mass is 16.5. The lowest BCUT2D eigenvalue weighted by atomic mass is 10.1. The predicted molar refractivity (Wildman–Crippen MR) is 105 cm³/mol. The lowest BCUT2D eigenvalue weighted by Gasteiger charge is -2.15. The van der Waals surface area contributed by atoms with Crippen LogP contribution in [0.4, 0.5) is 5.69 Å². The molecule has 0 fully saturated rings. The molecule has 2 rings (SSSR count). The Morgan fingerprint density at radius 1 is 1.23 bits per heavy atom. The largest absolute Gasteiger partial charge is 0.490 e. The Labute approximate surface area is 155 Å². The first-order valence-electron chi connectivity index (χ1n) is 8.71. The summed E-state index contributed by atoms with van der Waals surface area (Å²) in [7, 11) is 0. The molecule has 0 aliphatic carbocycles. The zero-order valence-electron chi connectivity index (χ0n) is 15.7. The summed E-state index contributed by atoms with van der Waals surface area (Å²) in [5.74, 6) is 0.230. The van der Waals surface area contributed by atoms with Gasteiger partial charge in [0, 0.05) is 11.3 Å². The van der Waals surface area contributed by atoms with E-state index in [0.29, 0.717) is 17.0 Å². The van der Waals surface area contributed by atoms with E-state index in [4.69, 9.17) is 4.74 Å². The molecular weight excluding hydrogens is 324 g/mol. The molecule has 2 aromatic carbocycles. The van der Waals surface area contributed by atoms with Gasteiger partial charge >= 0.3 is 0 Å². The second-order valence-corrected chi connectivity index (χ2v) is 6.25. The Bertz CT molecular complexity index is 863. The number of nitriles is 1. The summed E-state index contributed by atoms with van der Waals surface area (Å²) in [6, 6.07) is 15.1. The van der Waals surface area contributed by atoms with Crippen LogP contribution in [0.1, 0.15) is 37.0 Å². The van der Waals surface area contributed by atoms with Crippen molar-refractivity contribution in [3.05, 3.63) is 64.7 Å². The number of ether oxygens (including phenoxy) is 1. The van der Waals surface area contributed by atoms with Gasteiger partial charge in [0.1, 0.15) is 17.4 Å². The Morgan fingerprint density at radius 3 is 2.65 bits per heavy atom. The number of rotatable bonds is 6. The van der Waals surface area contributed by atoms with Crippen molar-refractivity contribution in [3.63, 3.8) is 0 Å². The number of hydrogen-bond donors (Lipinski definition) is 1. The van der Waals surface area contributed by atoms with E-state index in [1.54, 1.807) is 6.08 Å². The number of carbonyl (C=O) groups excluding carboxylic acids is 1. The third-order valence-corrected chi connectivity index (χ3v) is 4.34. The Balaban J connectivity index is 2.29. The first kappa shape index (κ1) is 19.3. The predicted octanol–water partition coefficient (Wildman–Crippen LogP) is 5.03. The molecule has 2 aromatic rings. The molecular formula is C22H24N2O2. The number of anilines is 1. The first-order chi connectivity index (χ1) is 12.5. The van der Waals surface area contributed by atoms with Crippen LogP contribution in [0, 0.1) is 25.2 Å². The summed E-state index contributed by atoms with van der Waals surface area (Å²) in [5, 5.41) is 12.3. The van der Waals surface area contributed by atoms with Gasteiger partial charge in [-0.3, -0.25) is 4.79 Å². The first-order valence-corrected chi connectivity index (χ1v) is 8.71. The van der Waals surface area contributed by atoms with Crippen molar-refractivity contribution in [1.82, 2.24) is 0 Å². The maximum Gasteiger partial charge on any atom is 0.266 e. The van der Waals surface area contributed by atoms with Gasteiger partial charge in [0.25, 0.3) is 5.91 Å². The molecule has 0 saturated carbocycles. The van der Waals surface area contributed by atoms with Gasteiger partial charge in [0.05, 0.1) is 6.10 Å². The van der Waals surface area contributed by atoms with Gasteiger partial charge in [-0.1, -0.05) is 37.3 Å². The molecule has 0 radical (unpaired) electrons. The summed E-state index contributed by atoms with van der Waals surface area (Å²) in [5.41, 5.74) is 3.52. The second-order valence-electron chi connectivity index (χ2n) is 6.25. The van der Waals surface area contributed by atoms with Crippen molar-refractivity contribution < 1.29 is 9.53 Å². The fourth-order valence-corrected chi connectivity index (χ4v) is 2.39. The van der Waals surface area contributed by atoms with E-state index in [1.807, 2.05) is 76.2 Å². The average Bonchev–Trinajstić information content (AvgIpc) is 2.64. The molecule has 1 N–H and O–H groups in total. The number of para-hydroxylation sites is 1. The van der Waals surface area contributed by atoms with E-state index in [9.17, 15) is 10.1 Å². The summed E-state index contributed by atoms with van der Waals surface area (Å²) in [6.45, 7) is 7.95. The van der Waals surface area contributed by atoms with Crippen molar-refractivity contribution in [2.75, 3.05) is 5.32 Å². The van der Waals surface area contributed by atoms with Crippen LogP contribution in [0.2, 0.25) is 0 Å². The number of amides is 1. The number of aryl methyl sites for hydroxylation is 1. The van der Waals surface area contributed by atoms with E-state index < -0.39 is 5.91 Å². The van der Waals surface area contributed by atoms with Crippen molar-refractivity contribution in [1.29, 1.82) is 5.26 Å². The molecule has 0 bridgehead atoms. The fraction of sp³-hybridized carbons (Fsp3) is 0.273. The molecule has 0 unspecified atom stereocenters. The minimum absolute atomic E-state index is 0.0334. The third-order valence-electron chi connectivity index (χ3n) is 4.34. The summed E-state index contributed by atoms with van der Waals surface area (Å²) < 4.78 is 5.89. The summed E-state index contributed by atoms with van der Waals surface area (Å²) in [4.78, 5) is 12.6. The zero-order chi connectivity index (χ0) is 19.1. The number of nitrogens with one attached hydrogen (secondary N) is 1. The quantitative estimate of drug-likeness (QED) is 0.588. The van der Waals surface area contributed by atoms with Crippen molar-refractivity contribution in [2.24, 2.45) is 0 Å². The summed E-state index contributed by atoms with van der Waals surface area (Å²) in [6.07, 6.45) is 2.49. The maximum atomic E-state index is 12.6. The maximum absolute atomic E-state index is 12.6. The molecule has 0 aliphatic heterocycles. The molecule has 4 nitrogen and oxygen atoms in total. The van der Waals surface area contributed by atoms with Gasteiger partial charge in [-0.2, -0.15) is 5.26 Å². The van der Waals surface area contributed by atoms with Crippen LogP contribution in [-0.4, -0.2) is 12.0 Å².